The van der Waals surface area contributed by atoms with Gasteiger partial charge in [0.2, 0.25) is 5.91 Å². The average Bonchev–Trinajstić information content (AvgIpc) is 2.76. The largest absolute Gasteiger partial charge is 0.385 e. The maximum absolute atomic E-state index is 13.0. The second-order valence-corrected chi connectivity index (χ2v) is 8.32. The van der Waals surface area contributed by atoms with Crippen LogP contribution in [0.25, 0.3) is 10.9 Å². The van der Waals surface area contributed by atoms with Crippen LogP contribution in [-0.2, 0) is 22.5 Å². The maximum Gasteiger partial charge on any atom is 0.262 e. The lowest BCUT2D eigenvalue weighted by molar-refractivity contribution is -0.115. The van der Waals surface area contributed by atoms with E-state index in [9.17, 15) is 9.59 Å². The molecule has 1 amide bonds. The highest BCUT2D eigenvalue weighted by Crippen LogP contribution is 2.24. The number of carbonyl (C=O) groups excluding carboxylic acids is 1. The van der Waals surface area contributed by atoms with Crippen LogP contribution in [-0.4, -0.2) is 34.4 Å². The molecule has 0 saturated heterocycles. The number of hydrogen-bond donors (Lipinski definition) is 1. The Balaban J connectivity index is 1.82. The number of fused-ring (bicyclic) bond motifs is 1. The molecule has 3 rings (SSSR count). The van der Waals surface area contributed by atoms with Gasteiger partial charge in [-0.2, -0.15) is 0 Å². The second-order valence-electron chi connectivity index (χ2n) is 7.01. The Bertz CT molecular complexity index is 1060. The fourth-order valence-corrected chi connectivity index (χ4v) is 4.02. The molecule has 30 heavy (non-hydrogen) atoms. The van der Waals surface area contributed by atoms with Gasteiger partial charge in [0.05, 0.1) is 16.2 Å². The molecule has 0 fully saturated rings. The summed E-state index contributed by atoms with van der Waals surface area (Å²) >= 11 is 1.29. The van der Waals surface area contributed by atoms with E-state index in [1.54, 1.807) is 17.7 Å². The second kappa shape index (κ2) is 10.4. The average molecular weight is 426 g/mol. The van der Waals surface area contributed by atoms with Crippen molar-refractivity contribution in [3.63, 3.8) is 0 Å². The molecule has 0 aliphatic rings. The molecule has 6 nitrogen and oxygen atoms in total. The number of ether oxygens (including phenoxy) is 1. The Morgan fingerprint density at radius 2 is 1.93 bits per heavy atom. The minimum absolute atomic E-state index is 0.0954. The summed E-state index contributed by atoms with van der Waals surface area (Å²) in [6.45, 7) is 4.95. The highest BCUT2D eigenvalue weighted by molar-refractivity contribution is 8.00. The standard InChI is InChI=1S/C23H27N3O3S/c1-4-17-10-12-18(13-11-17)24-21(27)16(2)30-23-25-20-9-6-5-8-19(20)22(28)26(23)14-7-15-29-3/h5-6,8-13,16H,4,7,14-15H2,1-3H3,(H,24,27)/t16-/m1/s1. The zero-order valence-corrected chi connectivity index (χ0v) is 18.4. The van der Waals surface area contributed by atoms with Crippen LogP contribution < -0.4 is 10.9 Å². The fourth-order valence-electron chi connectivity index (χ4n) is 3.08. The molecule has 0 unspecified atom stereocenters. The third-order valence-electron chi connectivity index (χ3n) is 4.84. The van der Waals surface area contributed by atoms with Gasteiger partial charge in [-0.05, 0) is 49.6 Å². The predicted molar refractivity (Wildman–Crippen MR) is 122 cm³/mol. The topological polar surface area (TPSA) is 73.2 Å². The molecule has 0 bridgehead atoms. The zero-order valence-electron chi connectivity index (χ0n) is 17.6. The number of thioether (sulfide) groups is 1. The smallest absolute Gasteiger partial charge is 0.262 e. The number of aromatic nitrogens is 2. The van der Waals surface area contributed by atoms with E-state index in [1.165, 1.54) is 17.3 Å². The van der Waals surface area contributed by atoms with Crippen LogP contribution in [0.2, 0.25) is 0 Å². The van der Waals surface area contributed by atoms with Crippen LogP contribution in [0.1, 0.15) is 25.8 Å². The first kappa shape index (κ1) is 22.1. The number of rotatable bonds is 9. The summed E-state index contributed by atoms with van der Waals surface area (Å²) in [4.78, 5) is 30.4. The van der Waals surface area contributed by atoms with Crippen molar-refractivity contribution in [3.8, 4) is 0 Å². The first-order valence-electron chi connectivity index (χ1n) is 10.1. The lowest BCUT2D eigenvalue weighted by Gasteiger charge is -2.16. The molecule has 0 aliphatic carbocycles. The normalized spacial score (nSPS) is 12.1. The van der Waals surface area contributed by atoms with Crippen LogP contribution in [0.15, 0.2) is 58.5 Å². The van der Waals surface area contributed by atoms with E-state index in [0.29, 0.717) is 35.6 Å². The first-order chi connectivity index (χ1) is 14.5. The van der Waals surface area contributed by atoms with Gasteiger partial charge in [-0.15, -0.1) is 0 Å². The molecule has 7 heteroatoms. The number of benzene rings is 2. The third kappa shape index (κ3) is 5.29. The van der Waals surface area contributed by atoms with E-state index in [-0.39, 0.29) is 11.5 Å². The van der Waals surface area contributed by atoms with Crippen LogP contribution in [0, 0.1) is 0 Å². The molecule has 0 saturated carbocycles. The van der Waals surface area contributed by atoms with Crippen molar-refractivity contribution in [2.45, 2.75) is 43.6 Å². The SMILES string of the molecule is CCc1ccc(NC(=O)[C@@H](C)Sc2nc3ccccc3c(=O)n2CCCOC)cc1. The molecule has 0 aliphatic heterocycles. The lowest BCUT2D eigenvalue weighted by atomic mass is 10.1. The minimum atomic E-state index is -0.419. The summed E-state index contributed by atoms with van der Waals surface area (Å²) in [5, 5.41) is 3.64. The van der Waals surface area contributed by atoms with Crippen LogP contribution in [0.5, 0.6) is 0 Å². The Morgan fingerprint density at radius 1 is 1.20 bits per heavy atom. The van der Waals surface area contributed by atoms with Gasteiger partial charge in [0.1, 0.15) is 0 Å². The minimum Gasteiger partial charge on any atom is -0.385 e. The van der Waals surface area contributed by atoms with Crippen molar-refractivity contribution < 1.29 is 9.53 Å². The monoisotopic (exact) mass is 425 g/mol. The van der Waals surface area contributed by atoms with Gasteiger partial charge in [0.15, 0.2) is 5.16 Å². The Kier molecular flexibility index (Phi) is 7.65. The molecular weight excluding hydrogens is 398 g/mol. The molecule has 0 spiro atoms. The third-order valence-corrected chi connectivity index (χ3v) is 5.93. The highest BCUT2D eigenvalue weighted by atomic mass is 32.2. The van der Waals surface area contributed by atoms with Crippen LogP contribution in [0.3, 0.4) is 0 Å². The molecule has 3 aromatic rings. The summed E-state index contributed by atoms with van der Waals surface area (Å²) in [5.74, 6) is -0.130. The quantitative estimate of drug-likeness (QED) is 0.317. The molecule has 1 atom stereocenters. The number of aryl methyl sites for hydroxylation is 1. The molecule has 1 N–H and O–H groups in total. The number of carbonyl (C=O) groups is 1. The molecule has 1 aromatic heterocycles. The van der Waals surface area contributed by atoms with Gasteiger partial charge in [0.25, 0.3) is 5.56 Å². The van der Waals surface area contributed by atoms with Crippen LogP contribution in [0.4, 0.5) is 5.69 Å². The van der Waals surface area contributed by atoms with Gasteiger partial charge in [-0.25, -0.2) is 4.98 Å². The van der Waals surface area contributed by atoms with E-state index in [0.717, 1.165) is 12.1 Å². The summed E-state index contributed by atoms with van der Waals surface area (Å²) in [5.41, 5.74) is 2.52. The molecule has 2 aromatic carbocycles. The van der Waals surface area contributed by atoms with Gasteiger partial charge < -0.3 is 10.1 Å². The maximum atomic E-state index is 13.0. The molecule has 1 heterocycles. The lowest BCUT2D eigenvalue weighted by Crippen LogP contribution is -2.27. The summed E-state index contributed by atoms with van der Waals surface area (Å²) in [6, 6.07) is 15.1. The molecule has 0 radical (unpaired) electrons. The van der Waals surface area contributed by atoms with E-state index >= 15 is 0 Å². The number of amides is 1. The summed E-state index contributed by atoms with van der Waals surface area (Å²) in [6.07, 6.45) is 1.64. The number of nitrogens with one attached hydrogen (secondary N) is 1. The van der Waals surface area contributed by atoms with Crippen molar-refractivity contribution >= 4 is 34.3 Å². The van der Waals surface area contributed by atoms with E-state index in [4.69, 9.17) is 4.74 Å². The van der Waals surface area contributed by atoms with Gasteiger partial charge >= 0.3 is 0 Å². The van der Waals surface area contributed by atoms with E-state index in [2.05, 4.69) is 17.2 Å². The Morgan fingerprint density at radius 3 is 2.63 bits per heavy atom. The number of methoxy groups -OCH3 is 1. The first-order valence-corrected chi connectivity index (χ1v) is 11.0. The number of hydrogen-bond acceptors (Lipinski definition) is 5. The van der Waals surface area contributed by atoms with Gasteiger partial charge in [0, 0.05) is 25.9 Å². The number of anilines is 1. The fraction of sp³-hybridized carbons (Fsp3) is 0.348. The highest BCUT2D eigenvalue weighted by Gasteiger charge is 2.19. The molecular formula is C23H27N3O3S. The number of para-hydroxylation sites is 1. The Hall–Kier alpha value is -2.64. The van der Waals surface area contributed by atoms with Gasteiger partial charge in [-0.3, -0.25) is 14.2 Å². The predicted octanol–water partition coefficient (Wildman–Crippen LogP) is 4.11. The van der Waals surface area contributed by atoms with Crippen molar-refractivity contribution in [1.29, 1.82) is 0 Å². The Labute approximate surface area is 180 Å². The number of nitrogens with zero attached hydrogens (tertiary/aromatic N) is 2. The summed E-state index contributed by atoms with van der Waals surface area (Å²) < 4.78 is 6.77. The van der Waals surface area contributed by atoms with Crippen molar-refractivity contribution in [3.05, 3.63) is 64.4 Å². The van der Waals surface area contributed by atoms with E-state index in [1.807, 2.05) is 49.4 Å². The zero-order chi connectivity index (χ0) is 21.5. The van der Waals surface area contributed by atoms with Crippen molar-refractivity contribution in [1.82, 2.24) is 9.55 Å². The van der Waals surface area contributed by atoms with Crippen molar-refractivity contribution in [2.75, 3.05) is 19.0 Å². The van der Waals surface area contributed by atoms with Gasteiger partial charge in [-0.1, -0.05) is 43.0 Å². The van der Waals surface area contributed by atoms with Crippen LogP contribution >= 0.6 is 11.8 Å². The summed E-state index contributed by atoms with van der Waals surface area (Å²) in [7, 11) is 1.64. The van der Waals surface area contributed by atoms with Crippen molar-refractivity contribution in [2.24, 2.45) is 0 Å². The van der Waals surface area contributed by atoms with E-state index < -0.39 is 5.25 Å². The molecule has 158 valence electrons.